The third kappa shape index (κ3) is 4.58. The van der Waals surface area contributed by atoms with Crippen molar-refractivity contribution in [2.24, 2.45) is 5.41 Å². The van der Waals surface area contributed by atoms with E-state index >= 15 is 0 Å². The molecule has 1 aromatic rings. The fraction of sp³-hybridized carbons (Fsp3) is 0.667. The van der Waals surface area contributed by atoms with Crippen LogP contribution in [-0.4, -0.2) is 39.3 Å². The topological polar surface area (TPSA) is 50.4 Å². The highest BCUT2D eigenvalue weighted by Crippen LogP contribution is 2.28. The fourth-order valence-corrected chi connectivity index (χ4v) is 3.41. The largest absolute Gasteiger partial charge is 0.384 e. The van der Waals surface area contributed by atoms with E-state index in [-0.39, 0.29) is 11.3 Å². The first-order chi connectivity index (χ1) is 9.74. The number of aryl methyl sites for hydroxylation is 1. The van der Waals surface area contributed by atoms with Crippen LogP contribution in [0.25, 0.3) is 0 Å². The number of methoxy groups -OCH3 is 1. The smallest absolute Gasteiger partial charge is 0.220 e. The minimum absolute atomic E-state index is 0.109. The lowest BCUT2D eigenvalue weighted by Crippen LogP contribution is -2.47. The average molecular weight is 296 g/mol. The SMILES string of the molecule is COCC1(CNC(=O)CCc2ccsc2)CCNCC1. The number of amides is 1. The second-order valence-electron chi connectivity index (χ2n) is 5.59. The van der Waals surface area contributed by atoms with Gasteiger partial charge in [0.2, 0.25) is 5.91 Å². The molecule has 1 aliphatic heterocycles. The third-order valence-corrected chi connectivity index (χ3v) is 4.73. The number of carbonyl (C=O) groups is 1. The van der Waals surface area contributed by atoms with Gasteiger partial charge in [-0.25, -0.2) is 0 Å². The molecule has 2 N–H and O–H groups in total. The summed E-state index contributed by atoms with van der Waals surface area (Å²) in [5, 5.41) is 10.6. The lowest BCUT2D eigenvalue weighted by atomic mass is 9.79. The van der Waals surface area contributed by atoms with Crippen molar-refractivity contribution in [2.75, 3.05) is 33.4 Å². The minimum Gasteiger partial charge on any atom is -0.384 e. The third-order valence-electron chi connectivity index (χ3n) is 4.00. The van der Waals surface area contributed by atoms with Gasteiger partial charge in [-0.3, -0.25) is 4.79 Å². The van der Waals surface area contributed by atoms with Gasteiger partial charge in [0.05, 0.1) is 6.61 Å². The molecule has 112 valence electrons. The Morgan fingerprint density at radius 2 is 2.30 bits per heavy atom. The minimum atomic E-state index is 0.109. The normalized spacial score (nSPS) is 17.9. The number of piperidine rings is 1. The van der Waals surface area contributed by atoms with E-state index < -0.39 is 0 Å². The summed E-state index contributed by atoms with van der Waals surface area (Å²) in [6, 6.07) is 2.08. The average Bonchev–Trinajstić information content (AvgIpc) is 2.98. The van der Waals surface area contributed by atoms with E-state index in [0.717, 1.165) is 45.5 Å². The molecule has 4 nitrogen and oxygen atoms in total. The van der Waals surface area contributed by atoms with Crippen LogP contribution in [0.2, 0.25) is 0 Å². The quantitative estimate of drug-likeness (QED) is 0.807. The summed E-state index contributed by atoms with van der Waals surface area (Å²) >= 11 is 1.68. The first kappa shape index (κ1) is 15.5. The Labute approximate surface area is 124 Å². The van der Waals surface area contributed by atoms with Crippen molar-refractivity contribution < 1.29 is 9.53 Å². The van der Waals surface area contributed by atoms with Gasteiger partial charge in [0.1, 0.15) is 0 Å². The van der Waals surface area contributed by atoms with Gasteiger partial charge in [-0.15, -0.1) is 0 Å². The Morgan fingerprint density at radius 3 is 2.95 bits per heavy atom. The second kappa shape index (κ2) is 7.76. The molecular formula is C15H24N2O2S. The van der Waals surface area contributed by atoms with E-state index in [9.17, 15) is 4.79 Å². The summed E-state index contributed by atoms with van der Waals surface area (Å²) in [5.74, 6) is 0.144. The van der Waals surface area contributed by atoms with E-state index in [0.29, 0.717) is 6.42 Å². The summed E-state index contributed by atoms with van der Waals surface area (Å²) < 4.78 is 5.36. The molecule has 2 rings (SSSR count). The molecule has 0 atom stereocenters. The van der Waals surface area contributed by atoms with E-state index in [1.807, 2.05) is 0 Å². The van der Waals surface area contributed by atoms with Crippen LogP contribution in [0.5, 0.6) is 0 Å². The van der Waals surface area contributed by atoms with E-state index in [1.165, 1.54) is 5.56 Å². The summed E-state index contributed by atoms with van der Waals surface area (Å²) in [6.07, 6.45) is 3.52. The summed E-state index contributed by atoms with van der Waals surface area (Å²) in [7, 11) is 1.74. The van der Waals surface area contributed by atoms with Crippen LogP contribution in [0.3, 0.4) is 0 Å². The summed E-state index contributed by atoms with van der Waals surface area (Å²) in [6.45, 7) is 3.47. The molecule has 0 unspecified atom stereocenters. The highest BCUT2D eigenvalue weighted by atomic mass is 32.1. The van der Waals surface area contributed by atoms with Crippen molar-refractivity contribution >= 4 is 17.2 Å². The van der Waals surface area contributed by atoms with Gasteiger partial charge in [-0.05, 0) is 54.7 Å². The predicted molar refractivity (Wildman–Crippen MR) is 82.1 cm³/mol. The molecule has 5 heteroatoms. The lowest BCUT2D eigenvalue weighted by molar-refractivity contribution is -0.122. The van der Waals surface area contributed by atoms with Crippen LogP contribution in [0.4, 0.5) is 0 Å². The summed E-state index contributed by atoms with van der Waals surface area (Å²) in [5.41, 5.74) is 1.36. The van der Waals surface area contributed by atoms with Gasteiger partial charge < -0.3 is 15.4 Å². The van der Waals surface area contributed by atoms with Crippen LogP contribution in [0, 0.1) is 5.41 Å². The van der Waals surface area contributed by atoms with Crippen molar-refractivity contribution in [3.63, 3.8) is 0 Å². The molecule has 0 aliphatic carbocycles. The molecule has 0 aromatic carbocycles. The van der Waals surface area contributed by atoms with Crippen molar-refractivity contribution in [1.82, 2.24) is 10.6 Å². The highest BCUT2D eigenvalue weighted by Gasteiger charge is 2.32. The molecule has 0 bridgehead atoms. The van der Waals surface area contributed by atoms with E-state index in [2.05, 4.69) is 27.5 Å². The van der Waals surface area contributed by atoms with Gasteiger partial charge in [-0.1, -0.05) is 0 Å². The lowest BCUT2D eigenvalue weighted by Gasteiger charge is -2.37. The zero-order valence-electron chi connectivity index (χ0n) is 12.1. The predicted octanol–water partition coefficient (Wildman–Crippen LogP) is 1.81. The maximum Gasteiger partial charge on any atom is 0.220 e. The number of hydrogen-bond donors (Lipinski definition) is 2. The standard InChI is InChI=1S/C15H24N2O2S/c1-19-12-15(5-7-16-8-6-15)11-17-14(18)3-2-13-4-9-20-10-13/h4,9-10,16H,2-3,5-8,11-12H2,1H3,(H,17,18). The molecule has 20 heavy (non-hydrogen) atoms. The van der Waals surface area contributed by atoms with Gasteiger partial charge in [0.15, 0.2) is 0 Å². The molecule has 1 aliphatic rings. The zero-order valence-corrected chi connectivity index (χ0v) is 12.9. The molecule has 1 aromatic heterocycles. The number of ether oxygens (including phenoxy) is 1. The Bertz CT molecular complexity index is 395. The monoisotopic (exact) mass is 296 g/mol. The van der Waals surface area contributed by atoms with Gasteiger partial charge in [0, 0.05) is 25.5 Å². The van der Waals surface area contributed by atoms with Crippen molar-refractivity contribution in [2.45, 2.75) is 25.7 Å². The van der Waals surface area contributed by atoms with Gasteiger partial charge >= 0.3 is 0 Å². The van der Waals surface area contributed by atoms with E-state index in [1.54, 1.807) is 18.4 Å². The van der Waals surface area contributed by atoms with Crippen molar-refractivity contribution in [3.8, 4) is 0 Å². The van der Waals surface area contributed by atoms with Crippen LogP contribution >= 0.6 is 11.3 Å². The number of hydrogen-bond acceptors (Lipinski definition) is 4. The van der Waals surface area contributed by atoms with Crippen molar-refractivity contribution in [3.05, 3.63) is 22.4 Å². The Hall–Kier alpha value is -0.910. The molecule has 0 radical (unpaired) electrons. The number of carbonyl (C=O) groups excluding carboxylic acids is 1. The van der Waals surface area contributed by atoms with Crippen LogP contribution in [-0.2, 0) is 16.0 Å². The molecule has 1 amide bonds. The molecule has 1 fully saturated rings. The Balaban J connectivity index is 1.75. The van der Waals surface area contributed by atoms with Crippen molar-refractivity contribution in [1.29, 1.82) is 0 Å². The van der Waals surface area contributed by atoms with Crippen LogP contribution in [0.15, 0.2) is 16.8 Å². The number of rotatable bonds is 7. The Kier molecular flexibility index (Phi) is 6.01. The fourth-order valence-electron chi connectivity index (χ4n) is 2.70. The molecule has 1 saturated heterocycles. The number of nitrogens with one attached hydrogen (secondary N) is 2. The molecule has 2 heterocycles. The van der Waals surface area contributed by atoms with Gasteiger partial charge in [0.25, 0.3) is 0 Å². The maximum absolute atomic E-state index is 12.0. The molecule has 0 saturated carbocycles. The Morgan fingerprint density at radius 1 is 1.50 bits per heavy atom. The van der Waals surface area contributed by atoms with Gasteiger partial charge in [-0.2, -0.15) is 11.3 Å². The zero-order chi connectivity index (χ0) is 14.3. The highest BCUT2D eigenvalue weighted by molar-refractivity contribution is 7.07. The van der Waals surface area contributed by atoms with E-state index in [4.69, 9.17) is 4.74 Å². The second-order valence-corrected chi connectivity index (χ2v) is 6.37. The van der Waals surface area contributed by atoms with Crippen LogP contribution < -0.4 is 10.6 Å². The maximum atomic E-state index is 12.0. The number of thiophene rings is 1. The molecular weight excluding hydrogens is 272 g/mol. The first-order valence-electron chi connectivity index (χ1n) is 7.22. The van der Waals surface area contributed by atoms with Crippen LogP contribution in [0.1, 0.15) is 24.8 Å². The molecule has 0 spiro atoms. The first-order valence-corrected chi connectivity index (χ1v) is 8.16. The summed E-state index contributed by atoms with van der Waals surface area (Å²) in [4.78, 5) is 12.0.